The van der Waals surface area contributed by atoms with Crippen LogP contribution < -0.4 is 10.6 Å². The first-order chi connectivity index (χ1) is 16.5. The van der Waals surface area contributed by atoms with Crippen LogP contribution in [-0.4, -0.2) is 42.3 Å². The van der Waals surface area contributed by atoms with E-state index in [-0.39, 0.29) is 23.6 Å². The third-order valence-corrected chi connectivity index (χ3v) is 7.13. The first-order valence-electron chi connectivity index (χ1n) is 12.6. The lowest BCUT2D eigenvalue weighted by atomic mass is 9.89. The van der Waals surface area contributed by atoms with Crippen molar-refractivity contribution >= 4 is 23.4 Å². The Hall–Kier alpha value is -3.15. The Morgan fingerprint density at radius 1 is 0.941 bits per heavy atom. The average Bonchev–Trinajstić information content (AvgIpc) is 2.88. The molecule has 1 unspecified atom stereocenters. The second-order valence-corrected chi connectivity index (χ2v) is 9.69. The molecule has 180 valence electrons. The summed E-state index contributed by atoms with van der Waals surface area (Å²) in [6, 6.07) is 14.4. The smallest absolute Gasteiger partial charge is 0.255 e. The average molecular weight is 462 g/mol. The van der Waals surface area contributed by atoms with Gasteiger partial charge in [-0.25, -0.2) is 0 Å². The molecule has 34 heavy (non-hydrogen) atoms. The maximum absolute atomic E-state index is 13.2. The number of rotatable bonds is 6. The van der Waals surface area contributed by atoms with Crippen molar-refractivity contribution in [3.8, 4) is 0 Å². The number of carbonyl (C=O) groups excluding carboxylic acids is 3. The summed E-state index contributed by atoms with van der Waals surface area (Å²) in [5, 5.41) is 6.05. The second kappa shape index (κ2) is 11.3. The Labute approximate surface area is 202 Å². The highest BCUT2D eigenvalue weighted by Crippen LogP contribution is 2.24. The lowest BCUT2D eigenvalue weighted by Gasteiger charge is -2.32. The lowest BCUT2D eigenvalue weighted by Crippen LogP contribution is -2.46. The highest BCUT2D eigenvalue weighted by atomic mass is 16.2. The van der Waals surface area contributed by atoms with Gasteiger partial charge in [0.25, 0.3) is 11.8 Å². The van der Waals surface area contributed by atoms with Crippen molar-refractivity contribution in [1.29, 1.82) is 0 Å². The minimum atomic E-state index is -0.199. The molecule has 4 rings (SSSR count). The number of nitrogens with zero attached hydrogens (tertiary/aromatic N) is 1. The van der Waals surface area contributed by atoms with E-state index in [0.717, 1.165) is 24.9 Å². The van der Waals surface area contributed by atoms with Gasteiger partial charge in [0.15, 0.2) is 0 Å². The topological polar surface area (TPSA) is 78.5 Å². The lowest BCUT2D eigenvalue weighted by molar-refractivity contribution is -0.126. The molecule has 0 spiro atoms. The molecule has 2 aromatic carbocycles. The highest BCUT2D eigenvalue weighted by Gasteiger charge is 2.29. The summed E-state index contributed by atoms with van der Waals surface area (Å²) in [7, 11) is 0. The molecule has 2 N–H and O–H groups in total. The molecule has 3 amide bonds. The van der Waals surface area contributed by atoms with Crippen LogP contribution in [0.5, 0.6) is 0 Å². The van der Waals surface area contributed by atoms with Crippen LogP contribution in [0.2, 0.25) is 0 Å². The van der Waals surface area contributed by atoms with Crippen LogP contribution in [0.4, 0.5) is 5.69 Å². The molecule has 1 aliphatic heterocycles. The number of amides is 3. The van der Waals surface area contributed by atoms with Gasteiger partial charge in [-0.15, -0.1) is 0 Å². The van der Waals surface area contributed by atoms with Gasteiger partial charge in [-0.1, -0.05) is 43.5 Å². The monoisotopic (exact) mass is 461 g/mol. The highest BCUT2D eigenvalue weighted by molar-refractivity contribution is 6.06. The molecule has 6 heteroatoms. The van der Waals surface area contributed by atoms with Crippen molar-refractivity contribution in [2.24, 2.45) is 11.8 Å². The quantitative estimate of drug-likeness (QED) is 0.649. The summed E-state index contributed by atoms with van der Waals surface area (Å²) in [6.07, 6.45) is 7.86. The van der Waals surface area contributed by atoms with Gasteiger partial charge in [0, 0.05) is 36.4 Å². The van der Waals surface area contributed by atoms with Gasteiger partial charge in [0.2, 0.25) is 5.91 Å². The molecule has 0 radical (unpaired) electrons. The van der Waals surface area contributed by atoms with Crippen LogP contribution in [0.15, 0.2) is 48.5 Å². The number of anilines is 1. The van der Waals surface area contributed by atoms with Gasteiger partial charge in [-0.3, -0.25) is 14.4 Å². The molecule has 2 fully saturated rings. The van der Waals surface area contributed by atoms with Crippen molar-refractivity contribution in [2.75, 3.05) is 25.0 Å². The molecule has 2 aliphatic rings. The van der Waals surface area contributed by atoms with Crippen molar-refractivity contribution < 1.29 is 14.4 Å². The number of carbonyl (C=O) groups is 3. The molecule has 1 heterocycles. The van der Waals surface area contributed by atoms with E-state index in [2.05, 4.69) is 10.6 Å². The molecular weight excluding hydrogens is 426 g/mol. The third-order valence-electron chi connectivity index (χ3n) is 7.13. The van der Waals surface area contributed by atoms with E-state index in [4.69, 9.17) is 0 Å². The Bertz CT molecular complexity index is 1030. The molecule has 0 aromatic heterocycles. The fraction of sp³-hybridized carbons (Fsp3) is 0.464. The van der Waals surface area contributed by atoms with Gasteiger partial charge in [-0.05, 0) is 68.4 Å². The predicted octanol–water partition coefficient (Wildman–Crippen LogP) is 4.80. The first kappa shape index (κ1) is 24.0. The van der Waals surface area contributed by atoms with E-state index in [1.165, 1.54) is 32.1 Å². The van der Waals surface area contributed by atoms with Gasteiger partial charge in [0.05, 0.1) is 5.92 Å². The SMILES string of the molecule is Cc1ccccc1C(=O)Nc1cccc(C(=O)N2CCCC(C(=O)NCC3CCCCC3)C2)c1. The van der Waals surface area contributed by atoms with Gasteiger partial charge in [-0.2, -0.15) is 0 Å². The Morgan fingerprint density at radius 2 is 1.74 bits per heavy atom. The van der Waals surface area contributed by atoms with E-state index in [0.29, 0.717) is 35.8 Å². The summed E-state index contributed by atoms with van der Waals surface area (Å²) in [5.41, 5.74) is 2.61. The molecular formula is C28H35N3O3. The Morgan fingerprint density at radius 3 is 2.53 bits per heavy atom. The van der Waals surface area contributed by atoms with E-state index in [1.54, 1.807) is 35.2 Å². The normalized spacial score (nSPS) is 18.9. The maximum Gasteiger partial charge on any atom is 0.255 e. The largest absolute Gasteiger partial charge is 0.356 e. The fourth-order valence-corrected chi connectivity index (χ4v) is 5.09. The van der Waals surface area contributed by atoms with Crippen LogP contribution in [0.3, 0.4) is 0 Å². The molecule has 2 aromatic rings. The number of hydrogen-bond donors (Lipinski definition) is 2. The van der Waals surface area contributed by atoms with Crippen molar-refractivity contribution in [3.05, 3.63) is 65.2 Å². The number of benzene rings is 2. The third kappa shape index (κ3) is 6.04. The van der Waals surface area contributed by atoms with Crippen LogP contribution in [-0.2, 0) is 4.79 Å². The summed E-state index contributed by atoms with van der Waals surface area (Å²) >= 11 is 0. The van der Waals surface area contributed by atoms with Crippen LogP contribution in [0.25, 0.3) is 0 Å². The standard InChI is InChI=1S/C28H35N3O3/c1-20-9-5-6-15-25(20)27(33)30-24-14-7-12-22(17-24)28(34)31-16-8-13-23(19-31)26(32)29-18-21-10-3-2-4-11-21/h5-7,9,12,14-15,17,21,23H,2-4,8,10-11,13,16,18-19H2,1H3,(H,29,32)(H,30,33). The molecule has 1 aliphatic carbocycles. The summed E-state index contributed by atoms with van der Waals surface area (Å²) in [5.74, 6) is 0.205. The van der Waals surface area contributed by atoms with Crippen LogP contribution >= 0.6 is 0 Å². The molecule has 1 saturated carbocycles. The molecule has 1 saturated heterocycles. The number of hydrogen-bond acceptors (Lipinski definition) is 3. The minimum Gasteiger partial charge on any atom is -0.356 e. The molecule has 1 atom stereocenters. The van der Waals surface area contributed by atoms with Crippen LogP contribution in [0.1, 0.15) is 71.2 Å². The van der Waals surface area contributed by atoms with E-state index in [1.807, 2.05) is 25.1 Å². The second-order valence-electron chi connectivity index (χ2n) is 9.69. The van der Waals surface area contributed by atoms with E-state index >= 15 is 0 Å². The number of piperidine rings is 1. The number of aryl methyl sites for hydroxylation is 1. The van der Waals surface area contributed by atoms with Crippen molar-refractivity contribution in [3.63, 3.8) is 0 Å². The Balaban J connectivity index is 1.35. The Kier molecular flexibility index (Phi) is 7.99. The summed E-state index contributed by atoms with van der Waals surface area (Å²) < 4.78 is 0. The van der Waals surface area contributed by atoms with Gasteiger partial charge < -0.3 is 15.5 Å². The summed E-state index contributed by atoms with van der Waals surface area (Å²) in [6.45, 7) is 3.74. The van der Waals surface area contributed by atoms with E-state index < -0.39 is 0 Å². The maximum atomic E-state index is 13.2. The predicted molar refractivity (Wildman–Crippen MR) is 134 cm³/mol. The summed E-state index contributed by atoms with van der Waals surface area (Å²) in [4.78, 5) is 40.4. The van der Waals surface area contributed by atoms with Crippen LogP contribution in [0, 0.1) is 18.8 Å². The number of likely N-dealkylation sites (tertiary alicyclic amines) is 1. The van der Waals surface area contributed by atoms with Crippen molar-refractivity contribution in [1.82, 2.24) is 10.2 Å². The van der Waals surface area contributed by atoms with Gasteiger partial charge in [0.1, 0.15) is 0 Å². The molecule has 6 nitrogen and oxygen atoms in total. The first-order valence-corrected chi connectivity index (χ1v) is 12.6. The zero-order chi connectivity index (χ0) is 23.9. The zero-order valence-corrected chi connectivity index (χ0v) is 20.0. The number of nitrogens with one attached hydrogen (secondary N) is 2. The fourth-order valence-electron chi connectivity index (χ4n) is 5.09. The molecule has 0 bridgehead atoms. The van der Waals surface area contributed by atoms with Crippen molar-refractivity contribution in [2.45, 2.75) is 51.9 Å². The van der Waals surface area contributed by atoms with E-state index in [9.17, 15) is 14.4 Å². The zero-order valence-electron chi connectivity index (χ0n) is 20.0. The van der Waals surface area contributed by atoms with Gasteiger partial charge >= 0.3 is 0 Å². The minimum absolute atomic E-state index is 0.0716.